The number of methoxy groups -OCH3 is 1. The van der Waals surface area contributed by atoms with E-state index in [0.29, 0.717) is 11.9 Å². The molecular weight excluding hydrogens is 208 g/mol. The summed E-state index contributed by atoms with van der Waals surface area (Å²) in [6.07, 6.45) is 4.27. The summed E-state index contributed by atoms with van der Waals surface area (Å²) >= 11 is 2.04. The molecule has 0 aromatic carbocycles. The lowest BCUT2D eigenvalue weighted by molar-refractivity contribution is 0.398. The van der Waals surface area contributed by atoms with Gasteiger partial charge in [0.15, 0.2) is 0 Å². The van der Waals surface area contributed by atoms with Crippen molar-refractivity contribution in [1.29, 1.82) is 0 Å². The molecule has 3 nitrogen and oxygen atoms in total. The van der Waals surface area contributed by atoms with E-state index in [9.17, 15) is 0 Å². The van der Waals surface area contributed by atoms with Gasteiger partial charge in [-0.1, -0.05) is 0 Å². The molecule has 1 fully saturated rings. The topological polar surface area (TPSA) is 34.1 Å². The zero-order valence-corrected chi connectivity index (χ0v) is 9.72. The second kappa shape index (κ2) is 5.26. The highest BCUT2D eigenvalue weighted by atomic mass is 32.2. The third-order valence-electron chi connectivity index (χ3n) is 2.54. The first kappa shape index (κ1) is 10.6. The first-order chi connectivity index (χ1) is 7.38. The molecule has 1 aliphatic heterocycles. The highest BCUT2D eigenvalue weighted by Crippen LogP contribution is 2.22. The van der Waals surface area contributed by atoms with E-state index in [1.165, 1.54) is 24.3 Å². The summed E-state index contributed by atoms with van der Waals surface area (Å²) in [6.45, 7) is 0. The van der Waals surface area contributed by atoms with Gasteiger partial charge < -0.3 is 10.1 Å². The Morgan fingerprint density at radius 3 is 3.00 bits per heavy atom. The van der Waals surface area contributed by atoms with Gasteiger partial charge in [-0.05, 0) is 30.4 Å². The van der Waals surface area contributed by atoms with Crippen LogP contribution in [0.5, 0.6) is 5.88 Å². The van der Waals surface area contributed by atoms with Gasteiger partial charge in [-0.25, -0.2) is 4.98 Å². The lowest BCUT2D eigenvalue weighted by Crippen LogP contribution is -2.24. The summed E-state index contributed by atoms with van der Waals surface area (Å²) in [4.78, 5) is 4.08. The second-order valence-electron chi connectivity index (χ2n) is 3.62. The maximum absolute atomic E-state index is 5.09. The Labute approximate surface area is 94.6 Å². The van der Waals surface area contributed by atoms with Gasteiger partial charge in [0.05, 0.1) is 7.11 Å². The zero-order valence-electron chi connectivity index (χ0n) is 8.90. The standard InChI is InChI=1S/C11H16N2OS/c1-14-11-8-10(2-5-12-11)13-9-3-6-15-7-4-9/h2,5,8-9H,3-4,6-7H2,1H3,(H,12,13). The van der Waals surface area contributed by atoms with Crippen molar-refractivity contribution in [2.45, 2.75) is 18.9 Å². The van der Waals surface area contributed by atoms with Crippen molar-refractivity contribution in [3.05, 3.63) is 18.3 Å². The molecule has 1 saturated heterocycles. The van der Waals surface area contributed by atoms with Gasteiger partial charge >= 0.3 is 0 Å². The molecule has 15 heavy (non-hydrogen) atoms. The van der Waals surface area contributed by atoms with Crippen LogP contribution in [-0.4, -0.2) is 29.6 Å². The Kier molecular flexibility index (Phi) is 3.72. The summed E-state index contributed by atoms with van der Waals surface area (Å²) in [6, 6.07) is 4.55. The largest absolute Gasteiger partial charge is 0.481 e. The van der Waals surface area contributed by atoms with Crippen LogP contribution in [0.2, 0.25) is 0 Å². The number of pyridine rings is 1. The molecule has 1 aromatic heterocycles. The fraction of sp³-hybridized carbons (Fsp3) is 0.545. The molecule has 1 aliphatic rings. The van der Waals surface area contributed by atoms with Gasteiger partial charge in [0.2, 0.25) is 5.88 Å². The maximum Gasteiger partial charge on any atom is 0.214 e. The van der Waals surface area contributed by atoms with Crippen molar-refractivity contribution in [1.82, 2.24) is 4.98 Å². The van der Waals surface area contributed by atoms with E-state index in [-0.39, 0.29) is 0 Å². The maximum atomic E-state index is 5.09. The minimum atomic E-state index is 0.610. The monoisotopic (exact) mass is 224 g/mol. The number of rotatable bonds is 3. The number of nitrogens with one attached hydrogen (secondary N) is 1. The number of nitrogens with zero attached hydrogens (tertiary/aromatic N) is 1. The van der Waals surface area contributed by atoms with E-state index in [2.05, 4.69) is 10.3 Å². The molecule has 2 rings (SSSR count). The highest BCUT2D eigenvalue weighted by molar-refractivity contribution is 7.99. The van der Waals surface area contributed by atoms with Crippen LogP contribution in [0.15, 0.2) is 18.3 Å². The molecule has 0 amide bonds. The first-order valence-electron chi connectivity index (χ1n) is 5.23. The summed E-state index contributed by atoms with van der Waals surface area (Å²) < 4.78 is 5.09. The molecule has 4 heteroatoms. The average molecular weight is 224 g/mol. The molecule has 1 aromatic rings. The zero-order chi connectivity index (χ0) is 10.5. The summed E-state index contributed by atoms with van der Waals surface area (Å²) in [5.74, 6) is 3.20. The predicted molar refractivity (Wildman–Crippen MR) is 64.8 cm³/mol. The molecular formula is C11H16N2OS. The number of aromatic nitrogens is 1. The Hall–Kier alpha value is -0.900. The van der Waals surface area contributed by atoms with Crippen LogP contribution in [0, 0.1) is 0 Å². The molecule has 82 valence electrons. The molecule has 0 atom stereocenters. The fourth-order valence-corrected chi connectivity index (χ4v) is 2.79. The van der Waals surface area contributed by atoms with E-state index < -0.39 is 0 Å². The summed E-state index contributed by atoms with van der Waals surface area (Å²) in [5.41, 5.74) is 1.11. The molecule has 0 bridgehead atoms. The Morgan fingerprint density at radius 1 is 1.47 bits per heavy atom. The van der Waals surface area contributed by atoms with Gasteiger partial charge in [0.25, 0.3) is 0 Å². The molecule has 1 N–H and O–H groups in total. The number of anilines is 1. The number of ether oxygens (including phenoxy) is 1. The minimum absolute atomic E-state index is 0.610. The van der Waals surface area contributed by atoms with Crippen LogP contribution in [-0.2, 0) is 0 Å². The lowest BCUT2D eigenvalue weighted by Gasteiger charge is -2.23. The number of thioether (sulfide) groups is 1. The van der Waals surface area contributed by atoms with E-state index in [0.717, 1.165) is 5.69 Å². The quantitative estimate of drug-likeness (QED) is 0.855. The van der Waals surface area contributed by atoms with Crippen LogP contribution >= 0.6 is 11.8 Å². The van der Waals surface area contributed by atoms with Gasteiger partial charge in [-0.2, -0.15) is 11.8 Å². The number of hydrogen-bond acceptors (Lipinski definition) is 4. The SMILES string of the molecule is COc1cc(NC2CCSCC2)ccn1. The normalized spacial score (nSPS) is 17.4. The third kappa shape index (κ3) is 3.02. The van der Waals surface area contributed by atoms with Crippen molar-refractivity contribution in [3.8, 4) is 5.88 Å². The minimum Gasteiger partial charge on any atom is -0.481 e. The van der Waals surface area contributed by atoms with Crippen LogP contribution in [0.1, 0.15) is 12.8 Å². The summed E-state index contributed by atoms with van der Waals surface area (Å²) in [7, 11) is 1.64. The molecule has 0 radical (unpaired) electrons. The van der Waals surface area contributed by atoms with Crippen LogP contribution < -0.4 is 10.1 Å². The van der Waals surface area contributed by atoms with Gasteiger partial charge in [-0.15, -0.1) is 0 Å². The Morgan fingerprint density at radius 2 is 2.27 bits per heavy atom. The Bertz CT molecular complexity index is 313. The molecule has 2 heterocycles. The van der Waals surface area contributed by atoms with Crippen molar-refractivity contribution >= 4 is 17.4 Å². The van der Waals surface area contributed by atoms with Gasteiger partial charge in [0.1, 0.15) is 0 Å². The smallest absolute Gasteiger partial charge is 0.214 e. The third-order valence-corrected chi connectivity index (χ3v) is 3.58. The van der Waals surface area contributed by atoms with Gasteiger partial charge in [-0.3, -0.25) is 0 Å². The van der Waals surface area contributed by atoms with Crippen LogP contribution in [0.25, 0.3) is 0 Å². The van der Waals surface area contributed by atoms with E-state index in [4.69, 9.17) is 4.74 Å². The van der Waals surface area contributed by atoms with Crippen LogP contribution in [0.4, 0.5) is 5.69 Å². The van der Waals surface area contributed by atoms with Crippen molar-refractivity contribution < 1.29 is 4.74 Å². The van der Waals surface area contributed by atoms with Crippen molar-refractivity contribution in [2.75, 3.05) is 23.9 Å². The second-order valence-corrected chi connectivity index (χ2v) is 4.84. The lowest BCUT2D eigenvalue weighted by atomic mass is 10.1. The fourth-order valence-electron chi connectivity index (χ4n) is 1.69. The highest BCUT2D eigenvalue weighted by Gasteiger charge is 2.13. The molecule has 0 unspecified atom stereocenters. The predicted octanol–water partition coefficient (Wildman–Crippen LogP) is 2.40. The van der Waals surface area contributed by atoms with Crippen molar-refractivity contribution in [3.63, 3.8) is 0 Å². The molecule has 0 aliphatic carbocycles. The first-order valence-corrected chi connectivity index (χ1v) is 6.38. The average Bonchev–Trinajstić information content (AvgIpc) is 2.31. The van der Waals surface area contributed by atoms with Crippen LogP contribution in [0.3, 0.4) is 0 Å². The summed E-state index contributed by atoms with van der Waals surface area (Å²) in [5, 5.41) is 3.52. The van der Waals surface area contributed by atoms with Gasteiger partial charge in [0, 0.05) is 24.0 Å². The van der Waals surface area contributed by atoms with E-state index >= 15 is 0 Å². The molecule has 0 spiro atoms. The van der Waals surface area contributed by atoms with E-state index in [1.54, 1.807) is 13.3 Å². The Balaban J connectivity index is 1.96. The van der Waals surface area contributed by atoms with Crippen molar-refractivity contribution in [2.24, 2.45) is 0 Å². The molecule has 0 saturated carbocycles. The number of hydrogen-bond donors (Lipinski definition) is 1. The van der Waals surface area contributed by atoms with E-state index in [1.807, 2.05) is 23.9 Å².